The molecule has 10 heteroatoms. The first-order chi connectivity index (χ1) is 13.7. The number of nitro benzene ring substituents is 1. The lowest BCUT2D eigenvalue weighted by Crippen LogP contribution is -2.44. The monoisotopic (exact) mass is 404 g/mol. The highest BCUT2D eigenvalue weighted by Crippen LogP contribution is 2.46. The number of allylic oxidation sites excluding steroid dienone is 2. The smallest absolute Gasteiger partial charge is 0.316 e. The first-order valence-electron chi connectivity index (χ1n) is 8.89. The van der Waals surface area contributed by atoms with Gasteiger partial charge >= 0.3 is 11.7 Å². The van der Waals surface area contributed by atoms with Crippen molar-refractivity contribution < 1.29 is 33.9 Å². The molecular weight excluding hydrogens is 384 g/mol. The zero-order valence-electron chi connectivity index (χ0n) is 16.1. The van der Waals surface area contributed by atoms with Crippen LogP contribution in [-0.4, -0.2) is 41.9 Å². The Hall–Kier alpha value is -3.43. The Labute approximate surface area is 165 Å². The standard InChI is InChI=1S/C19H20N2O8/c1-8-4-11-16(18(24)15(8)19(25)29-3)10(7-14(22)20-11)9-5-12(21(26)27)17(23)13(6-9)28-2/h5-6,8,10,15,23H,4,7H2,1-3H3,(H,20,22)/t8-,10-,15-/m1/s1. The molecule has 2 aliphatic rings. The van der Waals surface area contributed by atoms with E-state index < -0.39 is 39.9 Å². The number of benzene rings is 1. The van der Waals surface area contributed by atoms with Gasteiger partial charge in [-0.3, -0.25) is 24.5 Å². The molecule has 3 atom stereocenters. The van der Waals surface area contributed by atoms with E-state index in [1.807, 2.05) is 0 Å². The van der Waals surface area contributed by atoms with Gasteiger partial charge in [-0.15, -0.1) is 0 Å². The number of ether oxygens (including phenoxy) is 2. The average molecular weight is 404 g/mol. The first kappa shape index (κ1) is 20.3. The number of phenolic OH excluding ortho intramolecular Hbond substituents is 1. The fraction of sp³-hybridized carbons (Fsp3) is 0.421. The Bertz CT molecular complexity index is 952. The number of nitrogens with zero attached hydrogens (tertiary/aromatic N) is 1. The maximum atomic E-state index is 13.2. The van der Waals surface area contributed by atoms with Crippen LogP contribution in [0.1, 0.15) is 31.2 Å². The summed E-state index contributed by atoms with van der Waals surface area (Å²) >= 11 is 0. The van der Waals surface area contributed by atoms with Gasteiger partial charge in [0.15, 0.2) is 11.5 Å². The zero-order valence-corrected chi connectivity index (χ0v) is 16.1. The maximum Gasteiger partial charge on any atom is 0.316 e. The molecule has 0 fully saturated rings. The van der Waals surface area contributed by atoms with Gasteiger partial charge in [-0.05, 0) is 24.0 Å². The highest BCUT2D eigenvalue weighted by Gasteiger charge is 2.46. The quantitative estimate of drug-likeness (QED) is 0.333. The lowest BCUT2D eigenvalue weighted by Gasteiger charge is -2.36. The van der Waals surface area contributed by atoms with Crippen molar-refractivity contribution in [3.05, 3.63) is 39.1 Å². The fourth-order valence-corrected chi connectivity index (χ4v) is 3.99. The van der Waals surface area contributed by atoms with E-state index in [9.17, 15) is 29.6 Å². The second-order valence-corrected chi connectivity index (χ2v) is 7.09. The Kier molecular flexibility index (Phi) is 5.27. The van der Waals surface area contributed by atoms with Gasteiger partial charge in [-0.25, -0.2) is 0 Å². The summed E-state index contributed by atoms with van der Waals surface area (Å²) in [6.07, 6.45) is 0.137. The topological polar surface area (TPSA) is 145 Å². The minimum Gasteiger partial charge on any atom is -0.500 e. The molecule has 10 nitrogen and oxygen atoms in total. The third kappa shape index (κ3) is 3.41. The largest absolute Gasteiger partial charge is 0.500 e. The molecule has 0 spiro atoms. The summed E-state index contributed by atoms with van der Waals surface area (Å²) < 4.78 is 9.78. The van der Waals surface area contributed by atoms with Crippen molar-refractivity contribution in [3.63, 3.8) is 0 Å². The molecule has 154 valence electrons. The van der Waals surface area contributed by atoms with Crippen LogP contribution in [0.2, 0.25) is 0 Å². The van der Waals surface area contributed by atoms with E-state index in [0.29, 0.717) is 5.70 Å². The maximum absolute atomic E-state index is 13.2. The number of carbonyl (C=O) groups is 3. The summed E-state index contributed by atoms with van der Waals surface area (Å²) in [5.41, 5.74) is 0.285. The van der Waals surface area contributed by atoms with E-state index in [0.717, 1.165) is 6.07 Å². The highest BCUT2D eigenvalue weighted by molar-refractivity contribution is 6.11. The molecule has 1 amide bonds. The van der Waals surface area contributed by atoms with Crippen LogP contribution in [0.15, 0.2) is 23.4 Å². The number of rotatable bonds is 4. The predicted molar refractivity (Wildman–Crippen MR) is 98.1 cm³/mol. The van der Waals surface area contributed by atoms with E-state index >= 15 is 0 Å². The molecule has 0 unspecified atom stereocenters. The molecule has 29 heavy (non-hydrogen) atoms. The molecule has 0 saturated carbocycles. The van der Waals surface area contributed by atoms with Crippen molar-refractivity contribution in [2.24, 2.45) is 11.8 Å². The SMILES string of the molecule is COC(=O)[C@H]1C(=O)C2=C(C[C@H]1C)NC(=O)C[C@@H]2c1cc(OC)c(O)c([N+](=O)[O-])c1. The normalized spacial score (nSPS) is 23.9. The number of nitrogens with one attached hydrogen (secondary N) is 1. The number of phenols is 1. The van der Waals surface area contributed by atoms with Gasteiger partial charge in [0.2, 0.25) is 11.7 Å². The van der Waals surface area contributed by atoms with E-state index in [1.165, 1.54) is 20.3 Å². The van der Waals surface area contributed by atoms with Crippen molar-refractivity contribution in [2.45, 2.75) is 25.7 Å². The number of esters is 1. The van der Waals surface area contributed by atoms with Crippen molar-refractivity contribution in [1.82, 2.24) is 5.32 Å². The Morgan fingerprint density at radius 2 is 1.97 bits per heavy atom. The van der Waals surface area contributed by atoms with Crippen molar-refractivity contribution in [2.75, 3.05) is 14.2 Å². The third-order valence-electron chi connectivity index (χ3n) is 5.35. The van der Waals surface area contributed by atoms with Gasteiger partial charge in [0.1, 0.15) is 5.92 Å². The molecule has 0 saturated heterocycles. The molecule has 1 aliphatic carbocycles. The number of carbonyl (C=O) groups excluding carboxylic acids is 3. The first-order valence-corrected chi connectivity index (χ1v) is 8.89. The molecule has 1 aliphatic heterocycles. The van der Waals surface area contributed by atoms with Gasteiger partial charge in [-0.2, -0.15) is 0 Å². The number of aromatic hydroxyl groups is 1. The molecule has 1 aromatic carbocycles. The van der Waals surface area contributed by atoms with Crippen LogP contribution >= 0.6 is 0 Å². The molecule has 1 heterocycles. The van der Waals surface area contributed by atoms with Crippen LogP contribution in [0, 0.1) is 22.0 Å². The van der Waals surface area contributed by atoms with Crippen LogP contribution < -0.4 is 10.1 Å². The van der Waals surface area contributed by atoms with E-state index in [-0.39, 0.29) is 41.6 Å². The Balaban J connectivity index is 2.17. The molecule has 3 rings (SSSR count). The van der Waals surface area contributed by atoms with E-state index in [2.05, 4.69) is 5.32 Å². The Morgan fingerprint density at radius 3 is 2.55 bits per heavy atom. The number of nitro groups is 1. The number of hydrogen-bond acceptors (Lipinski definition) is 8. The summed E-state index contributed by atoms with van der Waals surface area (Å²) in [6, 6.07) is 2.47. The second kappa shape index (κ2) is 7.53. The number of hydrogen-bond donors (Lipinski definition) is 2. The minimum atomic E-state index is -1.02. The van der Waals surface area contributed by atoms with Gasteiger partial charge in [0, 0.05) is 29.7 Å². The van der Waals surface area contributed by atoms with E-state index in [4.69, 9.17) is 9.47 Å². The number of methoxy groups -OCH3 is 2. The zero-order chi connectivity index (χ0) is 21.5. The van der Waals surface area contributed by atoms with Crippen LogP contribution in [0.4, 0.5) is 5.69 Å². The van der Waals surface area contributed by atoms with Gasteiger partial charge < -0.3 is 19.9 Å². The number of amides is 1. The predicted octanol–water partition coefficient (Wildman–Crippen LogP) is 1.56. The molecule has 1 aromatic rings. The summed E-state index contributed by atoms with van der Waals surface area (Å²) in [7, 11) is 2.43. The molecule has 0 bridgehead atoms. The van der Waals surface area contributed by atoms with Crippen LogP contribution in [0.25, 0.3) is 0 Å². The summed E-state index contributed by atoms with van der Waals surface area (Å²) in [4.78, 5) is 48.2. The highest BCUT2D eigenvalue weighted by atomic mass is 16.6. The number of ketones is 1. The third-order valence-corrected chi connectivity index (χ3v) is 5.35. The number of Topliss-reactive ketones (excluding diaryl/α,β-unsaturated/α-hetero) is 1. The minimum absolute atomic E-state index is 0.141. The fourth-order valence-electron chi connectivity index (χ4n) is 3.99. The molecule has 2 N–H and O–H groups in total. The van der Waals surface area contributed by atoms with Gasteiger partial charge in [0.05, 0.1) is 19.1 Å². The summed E-state index contributed by atoms with van der Waals surface area (Å²) in [5.74, 6) is -4.51. The second-order valence-electron chi connectivity index (χ2n) is 7.09. The van der Waals surface area contributed by atoms with Crippen molar-refractivity contribution in [1.29, 1.82) is 0 Å². The summed E-state index contributed by atoms with van der Waals surface area (Å²) in [5, 5.41) is 24.0. The average Bonchev–Trinajstić information content (AvgIpc) is 2.66. The Morgan fingerprint density at radius 1 is 1.28 bits per heavy atom. The summed E-state index contributed by atoms with van der Waals surface area (Å²) in [6.45, 7) is 1.72. The van der Waals surface area contributed by atoms with Crippen LogP contribution in [-0.2, 0) is 19.1 Å². The molecular formula is C19H20N2O8. The van der Waals surface area contributed by atoms with Gasteiger partial charge in [-0.1, -0.05) is 6.92 Å². The lowest BCUT2D eigenvalue weighted by molar-refractivity contribution is -0.386. The van der Waals surface area contributed by atoms with Gasteiger partial charge in [0.25, 0.3) is 0 Å². The van der Waals surface area contributed by atoms with Crippen molar-refractivity contribution >= 4 is 23.3 Å². The van der Waals surface area contributed by atoms with E-state index in [1.54, 1.807) is 6.92 Å². The van der Waals surface area contributed by atoms with Crippen LogP contribution in [0.3, 0.4) is 0 Å². The molecule has 0 aromatic heterocycles. The lowest BCUT2D eigenvalue weighted by atomic mass is 9.70. The van der Waals surface area contributed by atoms with Crippen LogP contribution in [0.5, 0.6) is 11.5 Å². The molecule has 0 radical (unpaired) electrons. The van der Waals surface area contributed by atoms with Crippen molar-refractivity contribution in [3.8, 4) is 11.5 Å².